The molecule has 0 atom stereocenters. The number of aryl methyl sites for hydroxylation is 1. The lowest BCUT2D eigenvalue weighted by molar-refractivity contribution is -0.0498. The van der Waals surface area contributed by atoms with E-state index in [1.807, 2.05) is 19.1 Å². The van der Waals surface area contributed by atoms with Gasteiger partial charge in [-0.1, -0.05) is 43.3 Å². The molecule has 0 saturated heterocycles. The lowest BCUT2D eigenvalue weighted by Crippen LogP contribution is -2.02. The summed E-state index contributed by atoms with van der Waals surface area (Å²) in [6.45, 7) is -0.993. The lowest BCUT2D eigenvalue weighted by atomic mass is 9.91. The summed E-state index contributed by atoms with van der Waals surface area (Å²) < 4.78 is 58.2. The predicted octanol–water partition coefficient (Wildman–Crippen LogP) is 6.28. The van der Waals surface area contributed by atoms with Crippen molar-refractivity contribution in [3.05, 3.63) is 77.4 Å². The van der Waals surface area contributed by atoms with Crippen LogP contribution in [0.15, 0.2) is 54.6 Å². The second-order valence-corrected chi connectivity index (χ2v) is 6.08. The van der Waals surface area contributed by atoms with E-state index in [-0.39, 0.29) is 23.2 Å². The first-order valence-electron chi connectivity index (χ1n) is 8.56. The fourth-order valence-electron chi connectivity index (χ4n) is 2.98. The van der Waals surface area contributed by atoms with Crippen molar-refractivity contribution in [3.63, 3.8) is 0 Å². The maximum atomic E-state index is 15.0. The summed E-state index contributed by atoms with van der Waals surface area (Å²) in [5.41, 5.74) is 1.52. The molecular formula is C22H16F4O2. The molecule has 0 aromatic heterocycles. The number of carbonyl (C=O) groups is 1. The topological polar surface area (TPSA) is 26.3 Å². The third-order valence-corrected chi connectivity index (χ3v) is 4.41. The van der Waals surface area contributed by atoms with Crippen molar-refractivity contribution in [2.75, 3.05) is 0 Å². The Balaban J connectivity index is 2.18. The van der Waals surface area contributed by atoms with Gasteiger partial charge >= 0.3 is 6.61 Å². The van der Waals surface area contributed by atoms with Gasteiger partial charge in [-0.15, -0.1) is 0 Å². The molecule has 6 heteroatoms. The molecular weight excluding hydrogens is 372 g/mol. The van der Waals surface area contributed by atoms with Gasteiger partial charge in [0, 0.05) is 5.56 Å². The van der Waals surface area contributed by atoms with Crippen molar-refractivity contribution in [3.8, 4) is 28.0 Å². The Bertz CT molecular complexity index is 981. The van der Waals surface area contributed by atoms with Crippen LogP contribution in [0.5, 0.6) is 5.75 Å². The van der Waals surface area contributed by atoms with Crippen molar-refractivity contribution >= 4 is 6.29 Å². The van der Waals surface area contributed by atoms with E-state index in [1.54, 1.807) is 12.1 Å². The molecule has 28 heavy (non-hydrogen) atoms. The maximum absolute atomic E-state index is 15.0. The third-order valence-electron chi connectivity index (χ3n) is 4.41. The van der Waals surface area contributed by atoms with Crippen molar-refractivity contribution < 1.29 is 27.1 Å². The summed E-state index contributed by atoms with van der Waals surface area (Å²) in [6, 6.07) is 13.5. The Morgan fingerprint density at radius 1 is 0.964 bits per heavy atom. The van der Waals surface area contributed by atoms with E-state index < -0.39 is 23.8 Å². The Labute approximate surface area is 159 Å². The van der Waals surface area contributed by atoms with Crippen LogP contribution in [0.25, 0.3) is 22.3 Å². The fourth-order valence-corrected chi connectivity index (χ4v) is 2.98. The SMILES string of the molecule is CCc1ccc(-c2c(-c3ccc(OC(F)F)cc3)cc(F)c(C=O)c2F)cc1. The van der Waals surface area contributed by atoms with Crippen molar-refractivity contribution in [2.24, 2.45) is 0 Å². The summed E-state index contributed by atoms with van der Waals surface area (Å²) in [6.07, 6.45) is 0.933. The zero-order valence-corrected chi connectivity index (χ0v) is 14.9. The van der Waals surface area contributed by atoms with Gasteiger partial charge in [0.25, 0.3) is 0 Å². The number of hydrogen-bond acceptors (Lipinski definition) is 2. The first-order valence-corrected chi connectivity index (χ1v) is 8.56. The Hall–Kier alpha value is -3.15. The van der Waals surface area contributed by atoms with Crippen molar-refractivity contribution in [2.45, 2.75) is 20.0 Å². The Kier molecular flexibility index (Phi) is 5.78. The molecule has 0 unspecified atom stereocenters. The standard InChI is InChI=1S/C22H16F4O2/c1-2-13-3-5-15(6-4-13)20-17(11-19(23)18(12-27)21(20)24)14-7-9-16(10-8-14)28-22(25)26/h3-12,22H,2H2,1H3. The highest BCUT2D eigenvalue weighted by molar-refractivity contribution is 5.89. The van der Waals surface area contributed by atoms with Crippen molar-refractivity contribution in [1.29, 1.82) is 0 Å². The number of hydrogen-bond donors (Lipinski definition) is 0. The van der Waals surface area contributed by atoms with Gasteiger partial charge in [-0.25, -0.2) is 8.78 Å². The number of halogens is 4. The smallest absolute Gasteiger partial charge is 0.387 e. The molecule has 0 bridgehead atoms. The second kappa shape index (κ2) is 8.25. The molecule has 0 saturated carbocycles. The van der Waals surface area contributed by atoms with Gasteiger partial charge in [0.15, 0.2) is 6.29 Å². The van der Waals surface area contributed by atoms with Gasteiger partial charge in [0.2, 0.25) is 0 Å². The summed E-state index contributed by atoms with van der Waals surface area (Å²) in [4.78, 5) is 11.2. The monoisotopic (exact) mass is 388 g/mol. The van der Waals surface area contributed by atoms with Gasteiger partial charge < -0.3 is 4.74 Å². The highest BCUT2D eigenvalue weighted by atomic mass is 19.3. The summed E-state index contributed by atoms with van der Waals surface area (Å²) in [7, 11) is 0. The van der Waals surface area contributed by atoms with Crippen LogP contribution in [0.4, 0.5) is 17.6 Å². The van der Waals surface area contributed by atoms with Gasteiger partial charge in [-0.05, 0) is 46.9 Å². The summed E-state index contributed by atoms with van der Waals surface area (Å²) >= 11 is 0. The molecule has 0 N–H and O–H groups in total. The van der Waals surface area contributed by atoms with Gasteiger partial charge in [-0.2, -0.15) is 8.78 Å². The van der Waals surface area contributed by atoms with E-state index in [1.165, 1.54) is 24.3 Å². The Morgan fingerprint density at radius 3 is 2.11 bits per heavy atom. The molecule has 0 heterocycles. The van der Waals surface area contributed by atoms with Crippen LogP contribution in [-0.4, -0.2) is 12.9 Å². The summed E-state index contributed by atoms with van der Waals surface area (Å²) in [5.74, 6) is -2.04. The molecule has 0 aliphatic carbocycles. The number of carbonyl (C=O) groups excluding carboxylic acids is 1. The minimum absolute atomic E-state index is 0.0636. The van der Waals surface area contributed by atoms with E-state index >= 15 is 4.39 Å². The number of benzene rings is 3. The number of aldehydes is 1. The van der Waals surface area contributed by atoms with Gasteiger partial charge in [0.1, 0.15) is 17.4 Å². The number of rotatable bonds is 6. The summed E-state index contributed by atoms with van der Waals surface area (Å²) in [5, 5.41) is 0. The molecule has 0 fully saturated rings. The normalized spacial score (nSPS) is 10.9. The van der Waals surface area contributed by atoms with Crippen LogP contribution in [0.2, 0.25) is 0 Å². The zero-order valence-electron chi connectivity index (χ0n) is 14.9. The predicted molar refractivity (Wildman–Crippen MR) is 98.6 cm³/mol. The molecule has 3 aromatic rings. The zero-order chi connectivity index (χ0) is 20.3. The number of alkyl halides is 2. The third kappa shape index (κ3) is 3.91. The Morgan fingerprint density at radius 2 is 1.57 bits per heavy atom. The fraction of sp³-hybridized carbons (Fsp3) is 0.136. The van der Waals surface area contributed by atoms with Crippen LogP contribution in [0, 0.1) is 11.6 Å². The highest BCUT2D eigenvalue weighted by Gasteiger charge is 2.20. The maximum Gasteiger partial charge on any atom is 0.387 e. The van der Waals surface area contributed by atoms with Crippen LogP contribution < -0.4 is 4.74 Å². The second-order valence-electron chi connectivity index (χ2n) is 6.08. The molecule has 0 aliphatic heterocycles. The first-order chi connectivity index (χ1) is 13.4. The quantitative estimate of drug-likeness (QED) is 0.367. The van der Waals surface area contributed by atoms with Crippen molar-refractivity contribution in [1.82, 2.24) is 0 Å². The number of ether oxygens (including phenoxy) is 1. The lowest BCUT2D eigenvalue weighted by Gasteiger charge is -2.15. The van der Waals surface area contributed by atoms with E-state index in [0.717, 1.165) is 18.1 Å². The average molecular weight is 388 g/mol. The van der Waals surface area contributed by atoms with E-state index in [2.05, 4.69) is 4.74 Å². The molecule has 3 rings (SSSR count). The molecule has 3 aromatic carbocycles. The first kappa shape index (κ1) is 19.6. The van der Waals surface area contributed by atoms with Crippen LogP contribution >= 0.6 is 0 Å². The minimum atomic E-state index is -2.97. The molecule has 0 aliphatic rings. The minimum Gasteiger partial charge on any atom is -0.435 e. The van der Waals surface area contributed by atoms with E-state index in [9.17, 15) is 18.0 Å². The molecule has 144 valence electrons. The van der Waals surface area contributed by atoms with Crippen LogP contribution in [0.3, 0.4) is 0 Å². The molecule has 2 nitrogen and oxygen atoms in total. The highest BCUT2D eigenvalue weighted by Crippen LogP contribution is 2.37. The average Bonchev–Trinajstić information content (AvgIpc) is 2.68. The molecule has 0 radical (unpaired) electrons. The van der Waals surface area contributed by atoms with E-state index in [4.69, 9.17) is 0 Å². The van der Waals surface area contributed by atoms with Crippen LogP contribution in [0.1, 0.15) is 22.8 Å². The largest absolute Gasteiger partial charge is 0.435 e. The van der Waals surface area contributed by atoms with Gasteiger partial charge in [0.05, 0.1) is 5.56 Å². The molecule has 0 spiro atoms. The van der Waals surface area contributed by atoms with Gasteiger partial charge in [-0.3, -0.25) is 4.79 Å². The van der Waals surface area contributed by atoms with E-state index in [0.29, 0.717) is 11.1 Å². The van der Waals surface area contributed by atoms with Crippen LogP contribution in [-0.2, 0) is 6.42 Å². The molecule has 0 amide bonds.